The van der Waals surface area contributed by atoms with Crippen molar-refractivity contribution in [1.29, 1.82) is 0 Å². The largest absolute Gasteiger partial charge is 0.488 e. The Balaban J connectivity index is 1.57. The zero-order chi connectivity index (χ0) is 26.7. The number of amides is 1. The summed E-state index contributed by atoms with van der Waals surface area (Å²) >= 11 is 0. The van der Waals surface area contributed by atoms with Crippen molar-refractivity contribution in [2.75, 3.05) is 6.54 Å². The summed E-state index contributed by atoms with van der Waals surface area (Å²) in [6.07, 6.45) is 4.09. The zero-order valence-corrected chi connectivity index (χ0v) is 21.4. The van der Waals surface area contributed by atoms with Gasteiger partial charge in [0.15, 0.2) is 0 Å². The van der Waals surface area contributed by atoms with Gasteiger partial charge >= 0.3 is 5.97 Å². The third kappa shape index (κ3) is 7.45. The van der Waals surface area contributed by atoms with Crippen LogP contribution < -0.4 is 10.1 Å². The minimum absolute atomic E-state index is 0.0574. The second-order valence-corrected chi connectivity index (χ2v) is 9.12. The number of carbonyl (C=O) groups is 2. The molecule has 0 aliphatic carbocycles. The molecule has 4 rings (SSSR count). The third-order valence-corrected chi connectivity index (χ3v) is 6.27. The molecule has 0 unspecified atom stereocenters. The van der Waals surface area contributed by atoms with Gasteiger partial charge in [-0.05, 0) is 76.9 Å². The molecule has 0 aromatic heterocycles. The van der Waals surface area contributed by atoms with E-state index in [0.29, 0.717) is 13.2 Å². The quantitative estimate of drug-likeness (QED) is 0.236. The Hall–Kier alpha value is -4.60. The van der Waals surface area contributed by atoms with Crippen LogP contribution in [-0.4, -0.2) is 23.5 Å². The standard InChI is InChI=1S/C33H31NO4/c1-24-10-5-7-14-27(24)18-19-34-32(35)22-28-20-26(13-6-8-17-33(36)37)21-30-29(28)15-9-16-31(30)38-23-25-11-3-2-4-12-25/h2-5,7-16,20-21H,17-19,22-23H2,1H3,(H,34,35)(H,36,37). The summed E-state index contributed by atoms with van der Waals surface area (Å²) in [6.45, 7) is 3.06. The minimum atomic E-state index is -0.913. The molecule has 0 heterocycles. The van der Waals surface area contributed by atoms with Crippen molar-refractivity contribution in [1.82, 2.24) is 5.32 Å². The first-order valence-corrected chi connectivity index (χ1v) is 12.7. The van der Waals surface area contributed by atoms with Gasteiger partial charge in [-0.3, -0.25) is 9.59 Å². The summed E-state index contributed by atoms with van der Waals surface area (Å²) < 4.78 is 6.18. The Morgan fingerprint density at radius 1 is 0.921 bits per heavy atom. The number of aryl methyl sites for hydroxylation is 1. The summed E-state index contributed by atoms with van der Waals surface area (Å²) in [5, 5.41) is 13.8. The van der Waals surface area contributed by atoms with E-state index >= 15 is 0 Å². The van der Waals surface area contributed by atoms with Gasteiger partial charge in [0.05, 0.1) is 12.8 Å². The molecule has 0 bridgehead atoms. The topological polar surface area (TPSA) is 75.6 Å². The number of rotatable bonds is 11. The molecule has 5 heteroatoms. The maximum absolute atomic E-state index is 12.9. The van der Waals surface area contributed by atoms with Crippen LogP contribution in [0.2, 0.25) is 0 Å². The van der Waals surface area contributed by atoms with Crippen molar-refractivity contribution in [3.63, 3.8) is 0 Å². The number of carbonyl (C=O) groups excluding carboxylic acids is 1. The molecule has 0 saturated carbocycles. The fourth-order valence-electron chi connectivity index (χ4n) is 4.31. The van der Waals surface area contributed by atoms with Crippen LogP contribution in [0.3, 0.4) is 0 Å². The second kappa shape index (κ2) is 13.1. The van der Waals surface area contributed by atoms with Crippen LogP contribution in [-0.2, 0) is 29.0 Å². The number of nitrogens with one attached hydrogen (secondary N) is 1. The minimum Gasteiger partial charge on any atom is -0.488 e. The van der Waals surface area contributed by atoms with Crippen molar-refractivity contribution in [3.05, 3.63) is 125 Å². The van der Waals surface area contributed by atoms with Crippen LogP contribution in [0.4, 0.5) is 0 Å². The molecule has 0 aliphatic rings. The average molecular weight is 506 g/mol. The molecular weight excluding hydrogens is 474 g/mol. The Bertz CT molecular complexity index is 1480. The number of fused-ring (bicyclic) bond motifs is 1. The van der Waals surface area contributed by atoms with Crippen LogP contribution in [0.25, 0.3) is 16.8 Å². The van der Waals surface area contributed by atoms with Crippen molar-refractivity contribution >= 4 is 28.7 Å². The second-order valence-electron chi connectivity index (χ2n) is 9.12. The fraction of sp³-hybridized carbons (Fsp3) is 0.182. The Morgan fingerprint density at radius 3 is 2.50 bits per heavy atom. The van der Waals surface area contributed by atoms with Gasteiger partial charge in [0.1, 0.15) is 12.4 Å². The number of benzene rings is 4. The van der Waals surface area contributed by atoms with Crippen LogP contribution in [0.15, 0.2) is 96.7 Å². The van der Waals surface area contributed by atoms with Gasteiger partial charge < -0.3 is 15.2 Å². The molecule has 1 amide bonds. The lowest BCUT2D eigenvalue weighted by atomic mass is 9.97. The van der Waals surface area contributed by atoms with Crippen LogP contribution in [0.5, 0.6) is 5.75 Å². The Kier molecular flexibility index (Phi) is 9.12. The maximum atomic E-state index is 12.9. The lowest BCUT2D eigenvalue weighted by molar-refractivity contribution is -0.136. The van der Waals surface area contributed by atoms with E-state index in [1.807, 2.05) is 72.8 Å². The highest BCUT2D eigenvalue weighted by Gasteiger charge is 2.12. The summed E-state index contributed by atoms with van der Waals surface area (Å²) in [7, 11) is 0. The highest BCUT2D eigenvalue weighted by atomic mass is 16.5. The first-order valence-electron chi connectivity index (χ1n) is 12.7. The van der Waals surface area contributed by atoms with Gasteiger partial charge in [0.25, 0.3) is 0 Å². The average Bonchev–Trinajstić information content (AvgIpc) is 2.91. The van der Waals surface area contributed by atoms with E-state index < -0.39 is 5.97 Å². The van der Waals surface area contributed by atoms with Crippen molar-refractivity contribution in [2.45, 2.75) is 32.8 Å². The molecule has 2 N–H and O–H groups in total. The number of hydrogen-bond donors (Lipinski definition) is 2. The number of aliphatic carboxylic acids is 1. The summed E-state index contributed by atoms with van der Waals surface area (Å²) in [4.78, 5) is 23.8. The summed E-state index contributed by atoms with van der Waals surface area (Å²) in [5.74, 6) is -0.251. The Morgan fingerprint density at radius 2 is 1.71 bits per heavy atom. The molecule has 192 valence electrons. The third-order valence-electron chi connectivity index (χ3n) is 6.27. The molecule has 0 saturated heterocycles. The van der Waals surface area contributed by atoms with E-state index in [1.54, 1.807) is 6.08 Å². The van der Waals surface area contributed by atoms with Crippen LogP contribution >= 0.6 is 0 Å². The molecular formula is C33H31NO4. The van der Waals surface area contributed by atoms with Gasteiger partial charge in [-0.2, -0.15) is 0 Å². The fourth-order valence-corrected chi connectivity index (χ4v) is 4.31. The normalized spacial score (nSPS) is 10.4. The summed E-state index contributed by atoms with van der Waals surface area (Å²) in [6, 6.07) is 27.9. The van der Waals surface area contributed by atoms with Crippen molar-refractivity contribution < 1.29 is 19.4 Å². The first kappa shape index (κ1) is 26.5. The number of carboxylic acids is 1. The Labute approximate surface area is 223 Å². The zero-order valence-electron chi connectivity index (χ0n) is 21.4. The van der Waals surface area contributed by atoms with Crippen molar-refractivity contribution in [3.8, 4) is 5.75 Å². The molecule has 0 fully saturated rings. The van der Waals surface area contributed by atoms with Gasteiger partial charge in [0, 0.05) is 11.9 Å². The lowest BCUT2D eigenvalue weighted by Crippen LogP contribution is -2.27. The smallest absolute Gasteiger partial charge is 0.307 e. The highest BCUT2D eigenvalue weighted by Crippen LogP contribution is 2.31. The van der Waals surface area contributed by atoms with E-state index in [4.69, 9.17) is 9.84 Å². The predicted octanol–water partition coefficient (Wildman–Crippen LogP) is 6.27. The van der Waals surface area contributed by atoms with Crippen LogP contribution in [0, 0.1) is 6.92 Å². The highest BCUT2D eigenvalue weighted by molar-refractivity contribution is 5.95. The van der Waals surface area contributed by atoms with E-state index in [2.05, 4.69) is 30.1 Å². The summed E-state index contributed by atoms with van der Waals surface area (Å²) in [5.41, 5.74) is 8.12. The van der Waals surface area contributed by atoms with E-state index in [0.717, 1.165) is 39.6 Å². The number of hydrogen-bond acceptors (Lipinski definition) is 3. The maximum Gasteiger partial charge on any atom is 0.307 e. The molecule has 4 aromatic rings. The van der Waals surface area contributed by atoms with E-state index in [1.165, 1.54) is 17.2 Å². The van der Waals surface area contributed by atoms with Gasteiger partial charge in [-0.25, -0.2) is 0 Å². The lowest BCUT2D eigenvalue weighted by Gasteiger charge is -2.14. The first-order chi connectivity index (χ1) is 18.5. The molecule has 0 aliphatic heterocycles. The molecule has 5 nitrogen and oxygen atoms in total. The number of ether oxygens (including phenoxy) is 1. The molecule has 4 aromatic carbocycles. The number of carboxylic acid groups (broad SMARTS) is 1. The van der Waals surface area contributed by atoms with Crippen LogP contribution in [0.1, 0.15) is 34.2 Å². The van der Waals surface area contributed by atoms with Gasteiger partial charge in [-0.15, -0.1) is 5.73 Å². The molecule has 0 atom stereocenters. The van der Waals surface area contributed by atoms with E-state index in [9.17, 15) is 9.59 Å². The predicted molar refractivity (Wildman–Crippen MR) is 151 cm³/mol. The SMILES string of the molecule is Cc1ccccc1CCNC(=O)Cc1cc(C=C=CCC(=O)O)cc2c(OCc3ccccc3)cccc12. The van der Waals surface area contributed by atoms with Crippen molar-refractivity contribution in [2.24, 2.45) is 0 Å². The molecule has 38 heavy (non-hydrogen) atoms. The van der Waals surface area contributed by atoms with Gasteiger partial charge in [-0.1, -0.05) is 66.7 Å². The van der Waals surface area contributed by atoms with E-state index in [-0.39, 0.29) is 18.7 Å². The monoisotopic (exact) mass is 505 g/mol. The van der Waals surface area contributed by atoms with Gasteiger partial charge in [0.2, 0.25) is 5.91 Å². The molecule has 0 spiro atoms. The molecule has 0 radical (unpaired) electrons.